The Hall–Kier alpha value is -1.80. The molecule has 0 aliphatic carbocycles. The first-order valence-electron chi connectivity index (χ1n) is 7.79. The van der Waals surface area contributed by atoms with Crippen molar-refractivity contribution in [1.29, 1.82) is 0 Å². The molecule has 0 aromatic heterocycles. The third kappa shape index (κ3) is 8.16. The van der Waals surface area contributed by atoms with E-state index < -0.39 is 15.6 Å². The number of hydrogen-bond donors (Lipinski definition) is 3. The largest absolute Gasteiger partial charge is 0.497 e. The molecule has 0 amide bonds. The van der Waals surface area contributed by atoms with Gasteiger partial charge in [0, 0.05) is 18.6 Å². The van der Waals surface area contributed by atoms with Crippen molar-refractivity contribution in [2.24, 2.45) is 4.99 Å². The van der Waals surface area contributed by atoms with Gasteiger partial charge in [0.25, 0.3) is 0 Å². The van der Waals surface area contributed by atoms with Crippen molar-refractivity contribution in [3.63, 3.8) is 0 Å². The summed E-state index contributed by atoms with van der Waals surface area (Å²) >= 11 is 0. The Labute approximate surface area is 145 Å². The summed E-state index contributed by atoms with van der Waals surface area (Å²) in [6.07, 6.45) is 1.15. The maximum atomic E-state index is 11.4. The second-order valence-electron chi connectivity index (χ2n) is 6.16. The topological polar surface area (TPSA) is 91.8 Å². The lowest BCUT2D eigenvalue weighted by molar-refractivity contribution is 0.414. The number of ether oxygens (including phenoxy) is 1. The first-order chi connectivity index (χ1) is 11.1. The van der Waals surface area contributed by atoms with Crippen LogP contribution in [0.25, 0.3) is 0 Å². The zero-order chi connectivity index (χ0) is 18.2. The molecule has 0 radical (unpaired) electrons. The molecule has 1 aromatic carbocycles. The number of benzene rings is 1. The van der Waals surface area contributed by atoms with Crippen LogP contribution in [-0.4, -0.2) is 46.4 Å². The Morgan fingerprint density at radius 1 is 1.29 bits per heavy atom. The average Bonchev–Trinajstić information content (AvgIpc) is 2.48. The predicted molar refractivity (Wildman–Crippen MR) is 97.9 cm³/mol. The number of sulfonamides is 1. The highest BCUT2D eigenvalue weighted by molar-refractivity contribution is 7.88. The van der Waals surface area contributed by atoms with Crippen LogP contribution in [0.4, 0.5) is 0 Å². The van der Waals surface area contributed by atoms with Crippen molar-refractivity contribution in [2.45, 2.75) is 32.9 Å². The molecule has 136 valence electrons. The van der Waals surface area contributed by atoms with Gasteiger partial charge in [-0.2, -0.15) is 0 Å². The summed E-state index contributed by atoms with van der Waals surface area (Å²) < 4.78 is 30.6. The maximum Gasteiger partial charge on any atom is 0.209 e. The smallest absolute Gasteiger partial charge is 0.209 e. The van der Waals surface area contributed by atoms with E-state index in [1.807, 2.05) is 45.0 Å². The summed E-state index contributed by atoms with van der Waals surface area (Å²) in [4.78, 5) is 4.52. The third-order valence-corrected chi connectivity index (χ3v) is 3.98. The van der Waals surface area contributed by atoms with E-state index in [1.165, 1.54) is 0 Å². The standard InChI is InChI=1S/C16H28N4O3S/c1-6-17-15(19-12-16(2,3)20-24(5,21)22)18-11-13-8-7-9-14(10-13)23-4/h7-10,20H,6,11-12H2,1-5H3,(H2,17,18,19). The van der Waals surface area contributed by atoms with Gasteiger partial charge in [0.1, 0.15) is 5.75 Å². The van der Waals surface area contributed by atoms with Gasteiger partial charge in [0.15, 0.2) is 5.96 Å². The summed E-state index contributed by atoms with van der Waals surface area (Å²) in [5.41, 5.74) is 0.403. The van der Waals surface area contributed by atoms with Gasteiger partial charge in [-0.1, -0.05) is 12.1 Å². The number of hydrogen-bond acceptors (Lipinski definition) is 4. The van der Waals surface area contributed by atoms with Gasteiger partial charge in [-0.3, -0.25) is 0 Å². The van der Waals surface area contributed by atoms with E-state index in [0.29, 0.717) is 25.6 Å². The highest BCUT2D eigenvalue weighted by atomic mass is 32.2. The fourth-order valence-corrected chi connectivity index (χ4v) is 3.20. The highest BCUT2D eigenvalue weighted by Gasteiger charge is 2.22. The van der Waals surface area contributed by atoms with E-state index in [2.05, 4.69) is 20.3 Å². The lowest BCUT2D eigenvalue weighted by Gasteiger charge is -2.26. The molecule has 24 heavy (non-hydrogen) atoms. The monoisotopic (exact) mass is 356 g/mol. The van der Waals surface area contributed by atoms with Crippen molar-refractivity contribution in [3.05, 3.63) is 29.8 Å². The van der Waals surface area contributed by atoms with Crippen molar-refractivity contribution in [2.75, 3.05) is 26.5 Å². The number of nitrogens with one attached hydrogen (secondary N) is 3. The molecule has 0 bridgehead atoms. The SMILES string of the molecule is CCNC(=NCc1cccc(OC)c1)NCC(C)(C)NS(C)(=O)=O. The fourth-order valence-electron chi connectivity index (χ4n) is 2.13. The second kappa shape index (κ2) is 8.89. The molecule has 0 aliphatic heterocycles. The molecule has 1 aromatic rings. The van der Waals surface area contributed by atoms with E-state index in [1.54, 1.807) is 7.11 Å². The van der Waals surface area contributed by atoms with E-state index >= 15 is 0 Å². The third-order valence-electron chi connectivity index (χ3n) is 3.06. The van der Waals surface area contributed by atoms with E-state index in [0.717, 1.165) is 17.6 Å². The van der Waals surface area contributed by atoms with E-state index in [-0.39, 0.29) is 0 Å². The quantitative estimate of drug-likeness (QED) is 0.479. The first-order valence-corrected chi connectivity index (χ1v) is 9.68. The summed E-state index contributed by atoms with van der Waals surface area (Å²) in [5, 5.41) is 6.31. The molecule has 0 aliphatic rings. The van der Waals surface area contributed by atoms with Crippen LogP contribution >= 0.6 is 0 Å². The van der Waals surface area contributed by atoms with Crippen molar-refractivity contribution in [3.8, 4) is 5.75 Å². The Morgan fingerprint density at radius 2 is 2.00 bits per heavy atom. The molecule has 0 atom stereocenters. The van der Waals surface area contributed by atoms with Crippen LogP contribution in [0.1, 0.15) is 26.3 Å². The summed E-state index contributed by atoms with van der Waals surface area (Å²) in [6.45, 7) is 7.21. The normalized spacial score (nSPS) is 12.8. The van der Waals surface area contributed by atoms with Crippen LogP contribution in [0.2, 0.25) is 0 Å². The van der Waals surface area contributed by atoms with Gasteiger partial charge in [-0.05, 0) is 38.5 Å². The van der Waals surface area contributed by atoms with Crippen LogP contribution in [0.15, 0.2) is 29.3 Å². The summed E-state index contributed by atoms with van der Waals surface area (Å²) in [5.74, 6) is 1.42. The zero-order valence-electron chi connectivity index (χ0n) is 15.0. The number of guanidine groups is 1. The fraction of sp³-hybridized carbons (Fsp3) is 0.562. The molecular weight excluding hydrogens is 328 g/mol. The van der Waals surface area contributed by atoms with Gasteiger partial charge >= 0.3 is 0 Å². The minimum absolute atomic E-state index is 0.407. The first kappa shape index (κ1) is 20.2. The molecule has 0 saturated carbocycles. The highest BCUT2D eigenvalue weighted by Crippen LogP contribution is 2.13. The molecule has 8 heteroatoms. The van der Waals surface area contributed by atoms with Crippen LogP contribution in [0.5, 0.6) is 5.75 Å². The van der Waals surface area contributed by atoms with E-state index in [9.17, 15) is 8.42 Å². The minimum Gasteiger partial charge on any atom is -0.497 e. The number of methoxy groups -OCH3 is 1. The Bertz CT molecular complexity index is 657. The molecule has 0 heterocycles. The van der Waals surface area contributed by atoms with Gasteiger partial charge in [0.05, 0.1) is 19.9 Å². The molecule has 1 rings (SSSR count). The molecule has 0 unspecified atom stereocenters. The number of rotatable bonds is 8. The van der Waals surface area contributed by atoms with Gasteiger partial charge in [-0.15, -0.1) is 0 Å². The predicted octanol–water partition coefficient (Wildman–Crippen LogP) is 1.08. The lowest BCUT2D eigenvalue weighted by atomic mass is 10.1. The molecule has 7 nitrogen and oxygen atoms in total. The molecule has 0 fully saturated rings. The van der Waals surface area contributed by atoms with Gasteiger partial charge in [-0.25, -0.2) is 18.1 Å². The summed E-state index contributed by atoms with van der Waals surface area (Å²) in [7, 11) is -1.64. The molecule has 0 saturated heterocycles. The van der Waals surface area contributed by atoms with Crippen LogP contribution in [0, 0.1) is 0 Å². The Morgan fingerprint density at radius 3 is 2.58 bits per heavy atom. The minimum atomic E-state index is -3.27. The Balaban J connectivity index is 2.71. The van der Waals surface area contributed by atoms with E-state index in [4.69, 9.17) is 4.74 Å². The summed E-state index contributed by atoms with van der Waals surface area (Å²) in [6, 6.07) is 7.71. The van der Waals surface area contributed by atoms with Crippen molar-refractivity contribution < 1.29 is 13.2 Å². The number of aliphatic imine (C=N–C) groups is 1. The average molecular weight is 356 g/mol. The molecular formula is C16H28N4O3S. The lowest BCUT2D eigenvalue weighted by Crippen LogP contribution is -2.53. The molecule has 3 N–H and O–H groups in total. The molecule has 0 spiro atoms. The van der Waals surface area contributed by atoms with Gasteiger partial charge < -0.3 is 15.4 Å². The maximum absolute atomic E-state index is 11.4. The van der Waals surface area contributed by atoms with Crippen molar-refractivity contribution >= 4 is 16.0 Å². The van der Waals surface area contributed by atoms with Crippen LogP contribution in [0.3, 0.4) is 0 Å². The van der Waals surface area contributed by atoms with Crippen molar-refractivity contribution in [1.82, 2.24) is 15.4 Å². The zero-order valence-corrected chi connectivity index (χ0v) is 15.8. The van der Waals surface area contributed by atoms with Gasteiger partial charge in [0.2, 0.25) is 10.0 Å². The Kier molecular flexibility index (Phi) is 7.50. The van der Waals surface area contributed by atoms with Crippen LogP contribution < -0.4 is 20.1 Å². The van der Waals surface area contributed by atoms with Crippen LogP contribution in [-0.2, 0) is 16.6 Å². The second-order valence-corrected chi connectivity index (χ2v) is 7.91. The number of nitrogens with zero attached hydrogens (tertiary/aromatic N) is 1.